The molecule has 1 fully saturated rings. The third-order valence-corrected chi connectivity index (χ3v) is 4.51. The maximum Gasteiger partial charge on any atom is 0.240 e. The zero-order valence-corrected chi connectivity index (χ0v) is 13.4. The van der Waals surface area contributed by atoms with Crippen LogP contribution >= 0.6 is 11.3 Å². The number of hydrogen-bond acceptors (Lipinski definition) is 5. The van der Waals surface area contributed by atoms with Crippen LogP contribution < -0.4 is 5.32 Å². The molecule has 0 unspecified atom stereocenters. The maximum atomic E-state index is 13.7. The number of thiazole rings is 1. The number of hydrogen-bond donors (Lipinski definition) is 1. The van der Waals surface area contributed by atoms with Crippen LogP contribution in [0.25, 0.3) is 0 Å². The van der Waals surface area contributed by atoms with Crippen LogP contribution in [0.3, 0.4) is 0 Å². The summed E-state index contributed by atoms with van der Waals surface area (Å²) in [7, 11) is 0. The summed E-state index contributed by atoms with van der Waals surface area (Å²) >= 11 is 1.37. The van der Waals surface area contributed by atoms with Crippen molar-refractivity contribution in [3.8, 4) is 0 Å². The molecule has 1 saturated heterocycles. The number of halogens is 1. The van der Waals surface area contributed by atoms with Crippen LogP contribution in [0.4, 0.5) is 9.52 Å². The number of benzene rings is 1. The predicted octanol–water partition coefficient (Wildman–Crippen LogP) is 2.14. The molecule has 1 aromatic carbocycles. The summed E-state index contributed by atoms with van der Waals surface area (Å²) < 4.78 is 18.9. The van der Waals surface area contributed by atoms with Crippen LogP contribution in [0.2, 0.25) is 0 Å². The Bertz CT molecular complexity index is 671. The number of carbonyl (C=O) groups excluding carboxylic acids is 1. The highest BCUT2D eigenvalue weighted by atomic mass is 32.1. The molecular formula is C16H18FN3O2S. The fourth-order valence-corrected chi connectivity index (χ4v) is 3.25. The maximum absolute atomic E-state index is 13.7. The van der Waals surface area contributed by atoms with Crippen LogP contribution in [0.5, 0.6) is 0 Å². The van der Waals surface area contributed by atoms with E-state index in [2.05, 4.69) is 10.3 Å². The average Bonchev–Trinajstić information content (AvgIpc) is 2.97. The zero-order chi connectivity index (χ0) is 16.1. The molecule has 1 aliphatic heterocycles. The minimum atomic E-state index is -0.223. The fraction of sp³-hybridized carbons (Fsp3) is 0.375. The first-order valence-corrected chi connectivity index (χ1v) is 8.30. The van der Waals surface area contributed by atoms with Crippen LogP contribution in [-0.4, -0.2) is 48.6 Å². The average molecular weight is 335 g/mol. The molecule has 1 aliphatic rings. The lowest BCUT2D eigenvalue weighted by atomic mass is 10.1. The molecule has 0 bridgehead atoms. The number of nitrogens with zero attached hydrogens (tertiary/aromatic N) is 2. The van der Waals surface area contributed by atoms with Gasteiger partial charge in [-0.15, -0.1) is 11.3 Å². The Kier molecular flexibility index (Phi) is 5.32. The lowest BCUT2D eigenvalue weighted by Gasteiger charge is -2.25. The highest BCUT2D eigenvalue weighted by Gasteiger charge is 2.15. The van der Waals surface area contributed by atoms with E-state index in [4.69, 9.17) is 4.74 Å². The second-order valence-corrected chi connectivity index (χ2v) is 6.45. The Hall–Kier alpha value is -1.83. The van der Waals surface area contributed by atoms with Crippen molar-refractivity contribution in [3.05, 3.63) is 46.7 Å². The molecule has 0 atom stereocenters. The number of carbonyl (C=O) groups is 1. The standard InChI is InChI=1S/C16H18FN3O2S/c17-14-4-2-1-3-12(14)9-13-10-18-16(23-13)19-15(21)11-20-5-7-22-8-6-20/h1-4,10H,5-9,11H2,(H,18,19,21). The Morgan fingerprint density at radius 2 is 2.13 bits per heavy atom. The third-order valence-electron chi connectivity index (χ3n) is 3.59. The van der Waals surface area contributed by atoms with Gasteiger partial charge in [0.15, 0.2) is 5.13 Å². The Labute approximate surface area is 138 Å². The van der Waals surface area contributed by atoms with E-state index in [-0.39, 0.29) is 11.7 Å². The number of amides is 1. The van der Waals surface area contributed by atoms with Crippen molar-refractivity contribution >= 4 is 22.4 Å². The topological polar surface area (TPSA) is 54.5 Å². The van der Waals surface area contributed by atoms with Crippen molar-refractivity contribution in [2.45, 2.75) is 6.42 Å². The first-order chi connectivity index (χ1) is 11.2. The van der Waals surface area contributed by atoms with E-state index < -0.39 is 0 Å². The van der Waals surface area contributed by atoms with E-state index in [0.717, 1.165) is 18.0 Å². The molecule has 2 heterocycles. The molecule has 7 heteroatoms. The SMILES string of the molecule is O=C(CN1CCOCC1)Nc1ncc(Cc2ccccc2F)s1. The van der Waals surface area contributed by atoms with Crippen LogP contribution in [-0.2, 0) is 16.0 Å². The second kappa shape index (κ2) is 7.63. The predicted molar refractivity (Wildman–Crippen MR) is 87.2 cm³/mol. The number of nitrogens with one attached hydrogen (secondary N) is 1. The molecule has 5 nitrogen and oxygen atoms in total. The molecule has 1 N–H and O–H groups in total. The summed E-state index contributed by atoms with van der Waals surface area (Å²) in [6, 6.07) is 6.68. The van der Waals surface area contributed by atoms with Crippen LogP contribution in [0, 0.1) is 5.82 Å². The van der Waals surface area contributed by atoms with Crippen molar-refractivity contribution in [3.63, 3.8) is 0 Å². The van der Waals surface area contributed by atoms with E-state index in [1.54, 1.807) is 18.3 Å². The van der Waals surface area contributed by atoms with E-state index in [0.29, 0.717) is 36.9 Å². The normalized spacial score (nSPS) is 15.5. The highest BCUT2D eigenvalue weighted by molar-refractivity contribution is 7.15. The quantitative estimate of drug-likeness (QED) is 0.910. The molecule has 0 saturated carbocycles. The summed E-state index contributed by atoms with van der Waals surface area (Å²) in [6.07, 6.45) is 2.16. The summed E-state index contributed by atoms with van der Waals surface area (Å²) in [6.45, 7) is 3.20. The molecule has 0 aliphatic carbocycles. The van der Waals surface area contributed by atoms with E-state index >= 15 is 0 Å². The van der Waals surface area contributed by atoms with Crippen molar-refractivity contribution < 1.29 is 13.9 Å². The minimum absolute atomic E-state index is 0.0845. The summed E-state index contributed by atoms with van der Waals surface area (Å²) in [5.41, 5.74) is 0.627. The van der Waals surface area contributed by atoms with Gasteiger partial charge in [-0.05, 0) is 11.6 Å². The van der Waals surface area contributed by atoms with Gasteiger partial charge in [0.2, 0.25) is 5.91 Å². The summed E-state index contributed by atoms with van der Waals surface area (Å²) in [5.74, 6) is -0.308. The molecular weight excluding hydrogens is 317 g/mol. The lowest BCUT2D eigenvalue weighted by Crippen LogP contribution is -2.41. The van der Waals surface area contributed by atoms with Crippen LogP contribution in [0.15, 0.2) is 30.5 Å². The van der Waals surface area contributed by atoms with Crippen molar-refractivity contribution in [1.82, 2.24) is 9.88 Å². The van der Waals surface area contributed by atoms with Crippen molar-refractivity contribution in [2.75, 3.05) is 38.2 Å². The number of rotatable bonds is 5. The highest BCUT2D eigenvalue weighted by Crippen LogP contribution is 2.22. The first kappa shape index (κ1) is 16.0. The van der Waals surface area contributed by atoms with Gasteiger partial charge in [-0.25, -0.2) is 9.37 Å². The van der Waals surface area contributed by atoms with Gasteiger partial charge in [0.05, 0.1) is 19.8 Å². The molecule has 3 rings (SSSR count). The van der Waals surface area contributed by atoms with Crippen LogP contribution in [0.1, 0.15) is 10.4 Å². The molecule has 0 radical (unpaired) electrons. The fourth-order valence-electron chi connectivity index (χ4n) is 2.40. The van der Waals surface area contributed by atoms with E-state index in [1.807, 2.05) is 11.0 Å². The second-order valence-electron chi connectivity index (χ2n) is 5.34. The van der Waals surface area contributed by atoms with Crippen molar-refractivity contribution in [2.24, 2.45) is 0 Å². The van der Waals surface area contributed by atoms with Gasteiger partial charge < -0.3 is 10.1 Å². The van der Waals surface area contributed by atoms with E-state index in [9.17, 15) is 9.18 Å². The monoisotopic (exact) mass is 335 g/mol. The van der Waals surface area contributed by atoms with E-state index in [1.165, 1.54) is 17.4 Å². The molecule has 23 heavy (non-hydrogen) atoms. The molecule has 0 spiro atoms. The molecule has 2 aromatic rings. The van der Waals surface area contributed by atoms with Gasteiger partial charge in [0.1, 0.15) is 5.82 Å². The molecule has 122 valence electrons. The van der Waals surface area contributed by atoms with Gasteiger partial charge in [-0.1, -0.05) is 18.2 Å². The smallest absolute Gasteiger partial charge is 0.240 e. The van der Waals surface area contributed by atoms with Gasteiger partial charge in [-0.2, -0.15) is 0 Å². The lowest BCUT2D eigenvalue weighted by molar-refractivity contribution is -0.118. The number of aromatic nitrogens is 1. The number of anilines is 1. The molecule has 1 amide bonds. The van der Waals surface area contributed by atoms with Gasteiger partial charge in [-0.3, -0.25) is 9.69 Å². The van der Waals surface area contributed by atoms with Gasteiger partial charge >= 0.3 is 0 Å². The number of morpholine rings is 1. The van der Waals surface area contributed by atoms with Gasteiger partial charge in [0, 0.05) is 30.6 Å². The Morgan fingerprint density at radius 3 is 2.91 bits per heavy atom. The Morgan fingerprint density at radius 1 is 1.35 bits per heavy atom. The molecule has 1 aromatic heterocycles. The minimum Gasteiger partial charge on any atom is -0.379 e. The zero-order valence-electron chi connectivity index (χ0n) is 12.6. The summed E-state index contributed by atoms with van der Waals surface area (Å²) in [4.78, 5) is 19.2. The first-order valence-electron chi connectivity index (χ1n) is 7.49. The largest absolute Gasteiger partial charge is 0.379 e. The third kappa shape index (κ3) is 4.57. The Balaban J connectivity index is 1.54. The van der Waals surface area contributed by atoms with Crippen molar-refractivity contribution in [1.29, 1.82) is 0 Å². The van der Waals surface area contributed by atoms with Gasteiger partial charge in [0.25, 0.3) is 0 Å². The summed E-state index contributed by atoms with van der Waals surface area (Å²) in [5, 5.41) is 3.35. The number of ether oxygens (including phenoxy) is 1.